The van der Waals surface area contributed by atoms with Crippen LogP contribution in [0.1, 0.15) is 15.4 Å². The van der Waals surface area contributed by atoms with E-state index < -0.39 is 0 Å². The molecule has 0 bridgehead atoms. The first kappa shape index (κ1) is 15.1. The summed E-state index contributed by atoms with van der Waals surface area (Å²) in [5.41, 5.74) is 0.737. The quantitative estimate of drug-likeness (QED) is 0.752. The van der Waals surface area contributed by atoms with E-state index in [1.54, 1.807) is 17.4 Å². The second-order valence-electron chi connectivity index (χ2n) is 4.68. The molecule has 0 unspecified atom stereocenters. The van der Waals surface area contributed by atoms with Crippen molar-refractivity contribution in [2.75, 3.05) is 10.6 Å². The van der Waals surface area contributed by atoms with E-state index in [0.29, 0.717) is 18.1 Å². The standard InChI is InChI=1S/C16H13FN4OS/c17-11-3-5-12(6-4-11)21-16(22)14-8-15(20-10-19-14)18-9-13-2-1-7-23-13/h1-8,10H,9H2,(H,21,22)(H,18,19,20). The fourth-order valence-corrected chi connectivity index (χ4v) is 2.54. The molecule has 3 aromatic rings. The SMILES string of the molecule is O=C(Nc1ccc(F)cc1)c1cc(NCc2cccs2)ncn1. The average molecular weight is 328 g/mol. The smallest absolute Gasteiger partial charge is 0.274 e. The molecule has 2 heterocycles. The number of carbonyl (C=O) groups excluding carboxylic acids is 1. The number of nitrogens with zero attached hydrogens (tertiary/aromatic N) is 2. The van der Waals surface area contributed by atoms with Crippen molar-refractivity contribution in [3.8, 4) is 0 Å². The Labute approximate surface area is 136 Å². The predicted molar refractivity (Wildman–Crippen MR) is 88.0 cm³/mol. The zero-order valence-corrected chi connectivity index (χ0v) is 12.8. The Morgan fingerprint density at radius 1 is 1.17 bits per heavy atom. The van der Waals surface area contributed by atoms with Crippen LogP contribution in [0.3, 0.4) is 0 Å². The molecule has 0 fully saturated rings. The summed E-state index contributed by atoms with van der Waals surface area (Å²) in [5, 5.41) is 7.80. The van der Waals surface area contributed by atoms with Gasteiger partial charge in [-0.3, -0.25) is 4.79 Å². The summed E-state index contributed by atoms with van der Waals surface area (Å²) in [5.74, 6) is -0.166. The van der Waals surface area contributed by atoms with E-state index >= 15 is 0 Å². The molecule has 0 aliphatic rings. The summed E-state index contributed by atoms with van der Waals surface area (Å²) in [4.78, 5) is 21.4. The first-order valence-electron chi connectivity index (χ1n) is 6.86. The Morgan fingerprint density at radius 2 is 2.00 bits per heavy atom. The lowest BCUT2D eigenvalue weighted by Gasteiger charge is -2.07. The van der Waals surface area contributed by atoms with Crippen molar-refractivity contribution in [3.63, 3.8) is 0 Å². The highest BCUT2D eigenvalue weighted by Crippen LogP contribution is 2.13. The third-order valence-corrected chi connectivity index (χ3v) is 3.90. The number of nitrogens with one attached hydrogen (secondary N) is 2. The molecule has 5 nitrogen and oxygen atoms in total. The van der Waals surface area contributed by atoms with Gasteiger partial charge in [0.05, 0.1) is 6.54 Å². The maximum absolute atomic E-state index is 12.9. The summed E-state index contributed by atoms with van der Waals surface area (Å²) in [6.07, 6.45) is 1.33. The van der Waals surface area contributed by atoms with Crippen molar-refractivity contribution in [1.82, 2.24) is 9.97 Å². The number of rotatable bonds is 5. The topological polar surface area (TPSA) is 66.9 Å². The fourth-order valence-electron chi connectivity index (χ4n) is 1.90. The molecule has 1 amide bonds. The van der Waals surface area contributed by atoms with E-state index in [2.05, 4.69) is 20.6 Å². The molecular weight excluding hydrogens is 315 g/mol. The highest BCUT2D eigenvalue weighted by Gasteiger charge is 2.09. The van der Waals surface area contributed by atoms with Crippen LogP contribution in [-0.2, 0) is 6.54 Å². The summed E-state index contributed by atoms with van der Waals surface area (Å²) in [6, 6.07) is 11.1. The van der Waals surface area contributed by atoms with Crippen LogP contribution < -0.4 is 10.6 Å². The fraction of sp³-hybridized carbons (Fsp3) is 0.0625. The monoisotopic (exact) mass is 328 g/mol. The van der Waals surface area contributed by atoms with Crippen LogP contribution in [0.4, 0.5) is 15.9 Å². The largest absolute Gasteiger partial charge is 0.365 e. The Bertz CT molecular complexity index is 790. The first-order valence-corrected chi connectivity index (χ1v) is 7.74. The van der Waals surface area contributed by atoms with Gasteiger partial charge in [-0.25, -0.2) is 14.4 Å². The molecule has 116 valence electrons. The van der Waals surface area contributed by atoms with Gasteiger partial charge in [0, 0.05) is 16.6 Å². The van der Waals surface area contributed by atoms with E-state index in [9.17, 15) is 9.18 Å². The van der Waals surface area contributed by atoms with Gasteiger partial charge in [0.15, 0.2) is 0 Å². The molecule has 0 saturated heterocycles. The molecule has 7 heteroatoms. The maximum atomic E-state index is 12.9. The molecular formula is C16H13FN4OS. The molecule has 2 aromatic heterocycles. The van der Waals surface area contributed by atoms with Crippen LogP contribution >= 0.6 is 11.3 Å². The van der Waals surface area contributed by atoms with Crippen LogP contribution in [0.5, 0.6) is 0 Å². The number of anilines is 2. The van der Waals surface area contributed by atoms with Crippen LogP contribution in [0.15, 0.2) is 54.2 Å². The molecule has 0 saturated carbocycles. The van der Waals surface area contributed by atoms with Crippen LogP contribution in [0.25, 0.3) is 0 Å². The number of amides is 1. The molecule has 2 N–H and O–H groups in total. The molecule has 0 aliphatic heterocycles. The van der Waals surface area contributed by atoms with Gasteiger partial charge in [-0.2, -0.15) is 0 Å². The number of hydrogen-bond acceptors (Lipinski definition) is 5. The van der Waals surface area contributed by atoms with Gasteiger partial charge in [0.25, 0.3) is 5.91 Å². The zero-order chi connectivity index (χ0) is 16.1. The minimum absolute atomic E-state index is 0.234. The molecule has 0 atom stereocenters. The second-order valence-corrected chi connectivity index (χ2v) is 5.71. The normalized spacial score (nSPS) is 10.3. The van der Waals surface area contributed by atoms with Crippen molar-refractivity contribution in [2.45, 2.75) is 6.54 Å². The van der Waals surface area contributed by atoms with Crippen molar-refractivity contribution in [1.29, 1.82) is 0 Å². The summed E-state index contributed by atoms with van der Waals surface area (Å²) >= 11 is 1.64. The number of halogens is 1. The van der Waals surface area contributed by atoms with Crippen LogP contribution in [0, 0.1) is 5.82 Å². The average Bonchev–Trinajstić information content (AvgIpc) is 3.09. The van der Waals surface area contributed by atoms with E-state index in [1.807, 2.05) is 17.5 Å². The second kappa shape index (κ2) is 6.97. The molecule has 1 aromatic carbocycles. The summed E-state index contributed by atoms with van der Waals surface area (Å²) in [6.45, 7) is 0.633. The summed E-state index contributed by atoms with van der Waals surface area (Å²) < 4.78 is 12.9. The van der Waals surface area contributed by atoms with Crippen LogP contribution in [0.2, 0.25) is 0 Å². The van der Waals surface area contributed by atoms with Gasteiger partial charge in [-0.05, 0) is 35.7 Å². The number of aromatic nitrogens is 2. The maximum Gasteiger partial charge on any atom is 0.274 e. The van der Waals surface area contributed by atoms with E-state index in [4.69, 9.17) is 0 Å². The van der Waals surface area contributed by atoms with Gasteiger partial charge < -0.3 is 10.6 Å². The van der Waals surface area contributed by atoms with E-state index in [0.717, 1.165) is 0 Å². The number of thiophene rings is 1. The highest BCUT2D eigenvalue weighted by atomic mass is 32.1. The predicted octanol–water partition coefficient (Wildman–Crippen LogP) is 3.54. The third kappa shape index (κ3) is 4.10. The molecule has 0 radical (unpaired) electrons. The van der Waals surface area contributed by atoms with Gasteiger partial charge >= 0.3 is 0 Å². The van der Waals surface area contributed by atoms with Crippen molar-refractivity contribution in [2.24, 2.45) is 0 Å². The lowest BCUT2D eigenvalue weighted by Crippen LogP contribution is -2.14. The lowest BCUT2D eigenvalue weighted by atomic mass is 10.3. The lowest BCUT2D eigenvalue weighted by molar-refractivity contribution is 0.102. The van der Waals surface area contributed by atoms with Crippen molar-refractivity contribution >= 4 is 28.7 Å². The van der Waals surface area contributed by atoms with Gasteiger partial charge in [-0.1, -0.05) is 6.07 Å². The Hall–Kier alpha value is -2.80. The summed E-state index contributed by atoms with van der Waals surface area (Å²) in [7, 11) is 0. The molecule has 0 aliphatic carbocycles. The molecule has 23 heavy (non-hydrogen) atoms. The Morgan fingerprint density at radius 3 is 2.74 bits per heavy atom. The van der Waals surface area contributed by atoms with Gasteiger partial charge in [0.2, 0.25) is 0 Å². The number of carbonyl (C=O) groups is 1. The van der Waals surface area contributed by atoms with Gasteiger partial charge in [-0.15, -0.1) is 11.3 Å². The first-order chi connectivity index (χ1) is 11.2. The van der Waals surface area contributed by atoms with Crippen LogP contribution in [-0.4, -0.2) is 15.9 Å². The van der Waals surface area contributed by atoms with E-state index in [1.165, 1.54) is 35.5 Å². The van der Waals surface area contributed by atoms with Crippen molar-refractivity contribution < 1.29 is 9.18 Å². The Balaban J connectivity index is 1.66. The highest BCUT2D eigenvalue weighted by molar-refractivity contribution is 7.09. The Kier molecular flexibility index (Phi) is 4.58. The molecule has 3 rings (SSSR count). The van der Waals surface area contributed by atoms with E-state index in [-0.39, 0.29) is 17.4 Å². The third-order valence-electron chi connectivity index (χ3n) is 3.03. The number of hydrogen-bond donors (Lipinski definition) is 2. The van der Waals surface area contributed by atoms with Crippen molar-refractivity contribution in [3.05, 3.63) is 70.6 Å². The minimum atomic E-state index is -0.377. The minimum Gasteiger partial charge on any atom is -0.365 e. The molecule has 0 spiro atoms. The zero-order valence-electron chi connectivity index (χ0n) is 12.0. The number of benzene rings is 1. The van der Waals surface area contributed by atoms with Gasteiger partial charge in [0.1, 0.15) is 23.7 Å².